The number of aromatic nitrogens is 2. The minimum Gasteiger partial charge on any atom is -0.423 e. The van der Waals surface area contributed by atoms with Crippen molar-refractivity contribution in [1.29, 1.82) is 0 Å². The fraction of sp³-hybridized carbons (Fsp3) is 0.438. The number of nitrogens with zero attached hydrogens (tertiary/aromatic N) is 2. The van der Waals surface area contributed by atoms with E-state index in [0.717, 1.165) is 25.0 Å². The number of ether oxygens (including phenoxy) is 1. The summed E-state index contributed by atoms with van der Waals surface area (Å²) in [5.41, 5.74) is 1.29. The van der Waals surface area contributed by atoms with E-state index in [0.29, 0.717) is 29.0 Å². The first-order valence-corrected chi connectivity index (χ1v) is 7.96. The van der Waals surface area contributed by atoms with Crippen molar-refractivity contribution in [3.8, 4) is 0 Å². The molecule has 1 aromatic carbocycles. The molecule has 1 N–H and O–H groups in total. The number of carbonyl (C=O) groups excluding carboxylic acids is 1. The van der Waals surface area contributed by atoms with Crippen LogP contribution < -0.4 is 5.32 Å². The molecular formula is C16H18ClN3O3. The molecule has 0 spiro atoms. The molecule has 6 nitrogen and oxygen atoms in total. The van der Waals surface area contributed by atoms with Gasteiger partial charge in [-0.3, -0.25) is 4.79 Å². The Hall–Kier alpha value is -1.92. The number of hydrogen-bond acceptors (Lipinski definition) is 5. The molecule has 3 rings (SSSR count). The molecule has 1 atom stereocenters. The molecule has 1 aromatic heterocycles. The second-order valence-electron chi connectivity index (χ2n) is 5.54. The summed E-state index contributed by atoms with van der Waals surface area (Å²) < 4.78 is 11.0. The second-order valence-corrected chi connectivity index (χ2v) is 5.95. The smallest absolute Gasteiger partial charge is 0.252 e. The van der Waals surface area contributed by atoms with Gasteiger partial charge < -0.3 is 14.5 Å². The zero-order chi connectivity index (χ0) is 16.2. The maximum atomic E-state index is 12.2. The van der Waals surface area contributed by atoms with Gasteiger partial charge >= 0.3 is 0 Å². The highest BCUT2D eigenvalue weighted by Crippen LogP contribution is 2.24. The summed E-state index contributed by atoms with van der Waals surface area (Å²) in [6.07, 6.45) is 1.98. The molecule has 1 unspecified atom stereocenters. The Labute approximate surface area is 139 Å². The summed E-state index contributed by atoms with van der Waals surface area (Å²) in [7, 11) is 0. The van der Waals surface area contributed by atoms with Crippen LogP contribution in [0, 0.1) is 6.92 Å². The van der Waals surface area contributed by atoms with Crippen LogP contribution in [0.2, 0.25) is 5.02 Å². The van der Waals surface area contributed by atoms with Crippen LogP contribution in [0.15, 0.2) is 22.6 Å². The van der Waals surface area contributed by atoms with Crippen LogP contribution >= 0.6 is 11.6 Å². The van der Waals surface area contributed by atoms with Crippen molar-refractivity contribution in [2.75, 3.05) is 13.2 Å². The van der Waals surface area contributed by atoms with E-state index in [-0.39, 0.29) is 18.4 Å². The molecule has 1 aliphatic heterocycles. The third kappa shape index (κ3) is 3.71. The Kier molecular flexibility index (Phi) is 4.93. The molecule has 1 saturated heterocycles. The van der Waals surface area contributed by atoms with Crippen molar-refractivity contribution in [1.82, 2.24) is 15.5 Å². The Morgan fingerprint density at radius 3 is 3.09 bits per heavy atom. The number of amides is 1. The monoisotopic (exact) mass is 335 g/mol. The molecule has 23 heavy (non-hydrogen) atoms. The van der Waals surface area contributed by atoms with Gasteiger partial charge in [-0.2, -0.15) is 0 Å². The zero-order valence-corrected chi connectivity index (χ0v) is 13.6. The quantitative estimate of drug-likeness (QED) is 0.929. The Morgan fingerprint density at radius 1 is 1.43 bits per heavy atom. The van der Waals surface area contributed by atoms with Crippen LogP contribution in [0.25, 0.3) is 0 Å². The molecule has 0 saturated carbocycles. The van der Waals surface area contributed by atoms with Gasteiger partial charge in [-0.15, -0.1) is 10.2 Å². The van der Waals surface area contributed by atoms with Crippen molar-refractivity contribution in [3.05, 3.63) is 46.1 Å². The summed E-state index contributed by atoms with van der Waals surface area (Å²) in [5, 5.41) is 11.4. The van der Waals surface area contributed by atoms with Crippen LogP contribution in [0.5, 0.6) is 0 Å². The normalized spacial score (nSPS) is 17.9. The molecule has 2 heterocycles. The van der Waals surface area contributed by atoms with Gasteiger partial charge in [-0.1, -0.05) is 17.7 Å². The number of nitrogens with one attached hydrogen (secondary N) is 1. The van der Waals surface area contributed by atoms with Crippen LogP contribution in [0.1, 0.15) is 46.5 Å². The summed E-state index contributed by atoms with van der Waals surface area (Å²) in [4.78, 5) is 12.2. The number of carbonyl (C=O) groups is 1. The minimum absolute atomic E-state index is 0.149. The summed E-state index contributed by atoms with van der Waals surface area (Å²) in [6, 6.07) is 5.23. The van der Waals surface area contributed by atoms with Gasteiger partial charge in [0.2, 0.25) is 11.8 Å². The third-order valence-electron chi connectivity index (χ3n) is 3.90. The SMILES string of the molecule is Cc1c(Cl)cccc1C(=O)NCc1nnc(C2CCCOC2)o1. The van der Waals surface area contributed by atoms with E-state index in [1.807, 2.05) is 6.92 Å². The summed E-state index contributed by atoms with van der Waals surface area (Å²) >= 11 is 6.03. The lowest BCUT2D eigenvalue weighted by atomic mass is 10.0. The van der Waals surface area contributed by atoms with E-state index >= 15 is 0 Å². The molecule has 1 amide bonds. The number of halogens is 1. The van der Waals surface area contributed by atoms with Crippen LogP contribution in [0.3, 0.4) is 0 Å². The van der Waals surface area contributed by atoms with E-state index < -0.39 is 0 Å². The summed E-state index contributed by atoms with van der Waals surface area (Å²) in [5.74, 6) is 0.896. The maximum Gasteiger partial charge on any atom is 0.252 e. The van der Waals surface area contributed by atoms with E-state index in [2.05, 4.69) is 15.5 Å². The Balaban J connectivity index is 1.61. The topological polar surface area (TPSA) is 77.2 Å². The van der Waals surface area contributed by atoms with Crippen molar-refractivity contribution >= 4 is 17.5 Å². The number of benzene rings is 1. The predicted octanol–water partition coefficient (Wildman–Crippen LogP) is 2.86. The van der Waals surface area contributed by atoms with Gasteiger partial charge in [0, 0.05) is 17.2 Å². The Morgan fingerprint density at radius 2 is 2.30 bits per heavy atom. The molecule has 1 aliphatic rings. The fourth-order valence-corrected chi connectivity index (χ4v) is 2.72. The van der Waals surface area contributed by atoms with Crippen molar-refractivity contribution < 1.29 is 13.9 Å². The predicted molar refractivity (Wildman–Crippen MR) is 84.5 cm³/mol. The molecule has 122 valence electrons. The van der Waals surface area contributed by atoms with Crippen molar-refractivity contribution in [2.24, 2.45) is 0 Å². The first-order valence-electron chi connectivity index (χ1n) is 7.58. The molecule has 2 aromatic rings. The van der Waals surface area contributed by atoms with Crippen LogP contribution in [0.4, 0.5) is 0 Å². The van der Waals surface area contributed by atoms with Gasteiger partial charge in [0.15, 0.2) is 0 Å². The highest BCUT2D eigenvalue weighted by molar-refractivity contribution is 6.31. The van der Waals surface area contributed by atoms with Gasteiger partial charge in [-0.25, -0.2) is 0 Å². The van der Waals surface area contributed by atoms with E-state index in [1.54, 1.807) is 18.2 Å². The minimum atomic E-state index is -0.217. The highest BCUT2D eigenvalue weighted by Gasteiger charge is 2.22. The van der Waals surface area contributed by atoms with Crippen LogP contribution in [-0.2, 0) is 11.3 Å². The lowest BCUT2D eigenvalue weighted by molar-refractivity contribution is 0.0720. The lowest BCUT2D eigenvalue weighted by Crippen LogP contribution is -2.23. The molecule has 7 heteroatoms. The first-order chi connectivity index (χ1) is 11.1. The zero-order valence-electron chi connectivity index (χ0n) is 12.8. The highest BCUT2D eigenvalue weighted by atomic mass is 35.5. The molecule has 0 aliphatic carbocycles. The van der Waals surface area contributed by atoms with E-state index in [1.165, 1.54) is 0 Å². The summed E-state index contributed by atoms with van der Waals surface area (Å²) in [6.45, 7) is 3.39. The average Bonchev–Trinajstić information content (AvgIpc) is 3.05. The average molecular weight is 336 g/mol. The second kappa shape index (κ2) is 7.10. The molecule has 0 bridgehead atoms. The van der Waals surface area contributed by atoms with Crippen LogP contribution in [-0.4, -0.2) is 29.3 Å². The first kappa shape index (κ1) is 16.0. The van der Waals surface area contributed by atoms with Gasteiger partial charge in [-0.05, 0) is 37.5 Å². The van der Waals surface area contributed by atoms with Gasteiger partial charge in [0.1, 0.15) is 0 Å². The fourth-order valence-electron chi connectivity index (χ4n) is 2.54. The lowest BCUT2D eigenvalue weighted by Gasteiger charge is -2.18. The van der Waals surface area contributed by atoms with Crippen molar-refractivity contribution in [2.45, 2.75) is 32.2 Å². The van der Waals surface area contributed by atoms with Gasteiger partial charge in [0.05, 0.1) is 19.1 Å². The van der Waals surface area contributed by atoms with E-state index in [4.69, 9.17) is 20.8 Å². The maximum absolute atomic E-state index is 12.2. The molecule has 0 radical (unpaired) electrons. The van der Waals surface area contributed by atoms with E-state index in [9.17, 15) is 4.79 Å². The third-order valence-corrected chi connectivity index (χ3v) is 4.31. The standard InChI is InChI=1S/C16H18ClN3O3/c1-10-12(5-2-6-13(10)17)15(21)18-8-14-19-20-16(23-14)11-4-3-7-22-9-11/h2,5-6,11H,3-4,7-9H2,1H3,(H,18,21). The number of rotatable bonds is 4. The Bertz CT molecular complexity index is 696. The largest absolute Gasteiger partial charge is 0.423 e. The van der Waals surface area contributed by atoms with Crippen molar-refractivity contribution in [3.63, 3.8) is 0 Å². The van der Waals surface area contributed by atoms with Gasteiger partial charge in [0.25, 0.3) is 5.91 Å². The molecule has 1 fully saturated rings. The number of hydrogen-bond donors (Lipinski definition) is 1. The molecular weight excluding hydrogens is 318 g/mol.